The number of pyridine rings is 1. The average molecular weight is 267 g/mol. The number of benzene rings is 1. The molecule has 1 aromatic heterocycles. The Morgan fingerprint density at radius 2 is 1.75 bits per heavy atom. The number of aromatic nitrogens is 1. The fourth-order valence-corrected chi connectivity index (χ4v) is 2.73. The van der Waals surface area contributed by atoms with E-state index in [1.165, 1.54) is 11.3 Å². The first-order valence-corrected chi connectivity index (χ1v) is 7.25. The Morgan fingerprint density at radius 3 is 2.45 bits per heavy atom. The average Bonchev–Trinajstić information content (AvgIpc) is 2.49. The summed E-state index contributed by atoms with van der Waals surface area (Å²) in [4.78, 5) is 9.25. The van der Waals surface area contributed by atoms with Crippen LogP contribution in [0, 0.1) is 6.92 Å². The van der Waals surface area contributed by atoms with Crippen molar-refractivity contribution in [2.24, 2.45) is 0 Å². The minimum atomic E-state index is 1.06. The summed E-state index contributed by atoms with van der Waals surface area (Å²) in [7, 11) is 0. The van der Waals surface area contributed by atoms with E-state index in [-0.39, 0.29) is 0 Å². The maximum Gasteiger partial charge on any atom is 0.0400 e. The molecule has 0 bridgehead atoms. The molecule has 3 heteroatoms. The SMILES string of the molecule is Cc1cc(N2CCN(Cc3ccccc3)CC2)ccn1. The molecule has 0 N–H and O–H groups in total. The van der Waals surface area contributed by atoms with Crippen molar-refractivity contribution in [1.82, 2.24) is 9.88 Å². The van der Waals surface area contributed by atoms with Crippen LogP contribution in [0.1, 0.15) is 11.3 Å². The lowest BCUT2D eigenvalue weighted by molar-refractivity contribution is 0.250. The van der Waals surface area contributed by atoms with Crippen LogP contribution in [-0.2, 0) is 6.54 Å². The van der Waals surface area contributed by atoms with Crippen LogP contribution in [0.25, 0.3) is 0 Å². The van der Waals surface area contributed by atoms with Crippen LogP contribution < -0.4 is 4.90 Å². The predicted molar refractivity (Wildman–Crippen MR) is 82.9 cm³/mol. The lowest BCUT2D eigenvalue weighted by Gasteiger charge is -2.36. The van der Waals surface area contributed by atoms with E-state index in [0.29, 0.717) is 0 Å². The highest BCUT2D eigenvalue weighted by atomic mass is 15.3. The number of hydrogen-bond acceptors (Lipinski definition) is 3. The number of hydrogen-bond donors (Lipinski definition) is 0. The van der Waals surface area contributed by atoms with Crippen LogP contribution in [0.4, 0.5) is 5.69 Å². The van der Waals surface area contributed by atoms with Gasteiger partial charge in [-0.2, -0.15) is 0 Å². The van der Waals surface area contributed by atoms with Crippen molar-refractivity contribution in [2.45, 2.75) is 13.5 Å². The third-order valence-corrected chi connectivity index (χ3v) is 3.87. The highest BCUT2D eigenvalue weighted by Crippen LogP contribution is 2.17. The van der Waals surface area contributed by atoms with Gasteiger partial charge >= 0.3 is 0 Å². The summed E-state index contributed by atoms with van der Waals surface area (Å²) in [5.74, 6) is 0. The van der Waals surface area contributed by atoms with Crippen molar-refractivity contribution in [3.8, 4) is 0 Å². The van der Waals surface area contributed by atoms with E-state index < -0.39 is 0 Å². The van der Waals surface area contributed by atoms with Gasteiger partial charge in [-0.15, -0.1) is 0 Å². The number of aryl methyl sites for hydroxylation is 1. The molecule has 1 aliphatic heterocycles. The van der Waals surface area contributed by atoms with E-state index >= 15 is 0 Å². The molecule has 0 atom stereocenters. The summed E-state index contributed by atoms with van der Waals surface area (Å²) < 4.78 is 0. The molecule has 3 rings (SSSR count). The van der Waals surface area contributed by atoms with Crippen LogP contribution in [0.2, 0.25) is 0 Å². The fraction of sp³-hybridized carbons (Fsp3) is 0.353. The van der Waals surface area contributed by atoms with Crippen molar-refractivity contribution in [3.05, 3.63) is 59.9 Å². The van der Waals surface area contributed by atoms with Gasteiger partial charge in [-0.3, -0.25) is 9.88 Å². The normalized spacial score (nSPS) is 16.4. The first kappa shape index (κ1) is 13.1. The molecule has 0 saturated carbocycles. The molecule has 0 radical (unpaired) electrons. The van der Waals surface area contributed by atoms with Gasteiger partial charge in [-0.25, -0.2) is 0 Å². The molecule has 2 heterocycles. The molecule has 1 saturated heterocycles. The van der Waals surface area contributed by atoms with Crippen LogP contribution in [0.3, 0.4) is 0 Å². The summed E-state index contributed by atoms with van der Waals surface area (Å²) in [6, 6.07) is 15.0. The highest BCUT2D eigenvalue weighted by molar-refractivity contribution is 5.46. The lowest BCUT2D eigenvalue weighted by Crippen LogP contribution is -2.46. The van der Waals surface area contributed by atoms with Crippen molar-refractivity contribution in [2.75, 3.05) is 31.1 Å². The summed E-state index contributed by atoms with van der Waals surface area (Å²) >= 11 is 0. The Kier molecular flexibility index (Phi) is 3.97. The zero-order valence-corrected chi connectivity index (χ0v) is 12.0. The summed E-state index contributed by atoms with van der Waals surface area (Å²) in [6.45, 7) is 7.54. The third-order valence-electron chi connectivity index (χ3n) is 3.87. The molecule has 0 aliphatic carbocycles. The second-order valence-electron chi connectivity index (χ2n) is 5.40. The molecule has 0 unspecified atom stereocenters. The second-order valence-corrected chi connectivity index (χ2v) is 5.40. The minimum Gasteiger partial charge on any atom is -0.369 e. The van der Waals surface area contributed by atoms with Crippen molar-refractivity contribution < 1.29 is 0 Å². The van der Waals surface area contributed by atoms with Gasteiger partial charge in [0.15, 0.2) is 0 Å². The summed E-state index contributed by atoms with van der Waals surface area (Å²) in [6.07, 6.45) is 1.90. The van der Waals surface area contributed by atoms with E-state index in [1.54, 1.807) is 0 Å². The van der Waals surface area contributed by atoms with Gasteiger partial charge in [-0.05, 0) is 24.6 Å². The standard InChI is InChI=1S/C17H21N3/c1-15-13-17(7-8-18-15)20-11-9-19(10-12-20)14-16-5-3-2-4-6-16/h2-8,13H,9-12,14H2,1H3. The molecule has 104 valence electrons. The quantitative estimate of drug-likeness (QED) is 0.852. The lowest BCUT2D eigenvalue weighted by atomic mass is 10.2. The zero-order valence-electron chi connectivity index (χ0n) is 12.0. The Hall–Kier alpha value is -1.87. The highest BCUT2D eigenvalue weighted by Gasteiger charge is 2.17. The molecule has 20 heavy (non-hydrogen) atoms. The van der Waals surface area contributed by atoms with Crippen LogP contribution >= 0.6 is 0 Å². The second kappa shape index (κ2) is 6.06. The van der Waals surface area contributed by atoms with Crippen molar-refractivity contribution in [3.63, 3.8) is 0 Å². The maximum atomic E-state index is 4.27. The van der Waals surface area contributed by atoms with Gasteiger partial charge in [0.05, 0.1) is 0 Å². The molecular weight excluding hydrogens is 246 g/mol. The van der Waals surface area contributed by atoms with Crippen LogP contribution in [-0.4, -0.2) is 36.1 Å². The van der Waals surface area contributed by atoms with Gasteiger partial charge in [0.1, 0.15) is 0 Å². The molecule has 0 amide bonds. The summed E-state index contributed by atoms with van der Waals surface area (Å²) in [5.41, 5.74) is 3.80. The fourth-order valence-electron chi connectivity index (χ4n) is 2.73. The number of nitrogens with zero attached hydrogens (tertiary/aromatic N) is 3. The van der Waals surface area contributed by atoms with E-state index in [4.69, 9.17) is 0 Å². The predicted octanol–water partition coefficient (Wildman–Crippen LogP) is 2.71. The van der Waals surface area contributed by atoms with Crippen molar-refractivity contribution in [1.29, 1.82) is 0 Å². The van der Waals surface area contributed by atoms with Gasteiger partial charge in [0.25, 0.3) is 0 Å². The largest absolute Gasteiger partial charge is 0.369 e. The van der Waals surface area contributed by atoms with Crippen LogP contribution in [0.5, 0.6) is 0 Å². The van der Waals surface area contributed by atoms with E-state index in [0.717, 1.165) is 38.4 Å². The number of rotatable bonds is 3. The van der Waals surface area contributed by atoms with Crippen LogP contribution in [0.15, 0.2) is 48.7 Å². The Balaban J connectivity index is 1.57. The van der Waals surface area contributed by atoms with E-state index in [1.807, 2.05) is 6.20 Å². The number of piperazine rings is 1. The molecule has 1 aliphatic rings. The zero-order chi connectivity index (χ0) is 13.8. The Bertz CT molecular complexity index is 545. The molecular formula is C17H21N3. The monoisotopic (exact) mass is 267 g/mol. The Labute approximate surface area is 120 Å². The molecule has 1 aromatic carbocycles. The molecule has 2 aromatic rings. The van der Waals surface area contributed by atoms with Gasteiger partial charge in [0, 0.05) is 50.3 Å². The van der Waals surface area contributed by atoms with Crippen molar-refractivity contribution >= 4 is 5.69 Å². The van der Waals surface area contributed by atoms with Gasteiger partial charge in [-0.1, -0.05) is 30.3 Å². The smallest absolute Gasteiger partial charge is 0.0400 e. The van der Waals surface area contributed by atoms with E-state index in [2.05, 4.69) is 64.2 Å². The Morgan fingerprint density at radius 1 is 1.00 bits per heavy atom. The maximum absolute atomic E-state index is 4.27. The van der Waals surface area contributed by atoms with Gasteiger partial charge in [0.2, 0.25) is 0 Å². The number of anilines is 1. The molecule has 0 spiro atoms. The summed E-state index contributed by atoms with van der Waals surface area (Å²) in [5, 5.41) is 0. The first-order valence-electron chi connectivity index (χ1n) is 7.25. The topological polar surface area (TPSA) is 19.4 Å². The third kappa shape index (κ3) is 3.17. The molecule has 3 nitrogen and oxygen atoms in total. The molecule has 1 fully saturated rings. The minimum absolute atomic E-state index is 1.06. The first-order chi connectivity index (χ1) is 9.81. The van der Waals surface area contributed by atoms with Gasteiger partial charge < -0.3 is 4.90 Å². The van der Waals surface area contributed by atoms with E-state index in [9.17, 15) is 0 Å².